The van der Waals surface area contributed by atoms with Crippen molar-refractivity contribution in [3.05, 3.63) is 65.0 Å². The molecule has 2 aromatic carbocycles. The fraction of sp³-hybridized carbons (Fsp3) is 0.300. The highest BCUT2D eigenvalue weighted by atomic mass is 16.2. The molecule has 3 rings (SSSR count). The average Bonchev–Trinajstić information content (AvgIpc) is 2.95. The van der Waals surface area contributed by atoms with Gasteiger partial charge in [0.05, 0.1) is 16.6 Å². The largest absolute Gasteiger partial charge is 0.341 e. The molecule has 1 atom stereocenters. The number of benzene rings is 2. The number of likely N-dealkylation sites (N-methyl/N-ethyl adjacent to an activating group) is 1. The Bertz CT molecular complexity index is 936. The summed E-state index contributed by atoms with van der Waals surface area (Å²) in [6.45, 7) is 6.94. The van der Waals surface area contributed by atoms with E-state index in [0.717, 1.165) is 11.2 Å². The number of aromatic nitrogens is 2. The summed E-state index contributed by atoms with van der Waals surface area (Å²) in [6, 6.07) is 16.6. The van der Waals surface area contributed by atoms with E-state index in [0.29, 0.717) is 18.5 Å². The van der Waals surface area contributed by atoms with Gasteiger partial charge in [-0.3, -0.25) is 9.59 Å². The first-order chi connectivity index (χ1) is 12.1. The standard InChI is InChI=1S/C20H23N3O2/c1-4-21(5-2)19(24)15(3)22-20(25)17-13-9-10-14-18(17)23(22)16-11-7-6-8-12-16/h6-15H,4-5H2,1-3H3. The number of carbonyl (C=O) groups is 1. The van der Waals surface area contributed by atoms with Crippen molar-refractivity contribution in [1.29, 1.82) is 0 Å². The van der Waals surface area contributed by atoms with E-state index in [1.807, 2.05) is 73.1 Å². The van der Waals surface area contributed by atoms with Crippen LogP contribution in [-0.2, 0) is 4.79 Å². The van der Waals surface area contributed by atoms with Crippen LogP contribution in [0.2, 0.25) is 0 Å². The zero-order chi connectivity index (χ0) is 18.0. The molecule has 3 aromatic rings. The molecule has 0 saturated carbocycles. The lowest BCUT2D eigenvalue weighted by molar-refractivity contribution is -0.134. The summed E-state index contributed by atoms with van der Waals surface area (Å²) in [5.41, 5.74) is 1.52. The quantitative estimate of drug-likeness (QED) is 0.718. The first-order valence-corrected chi connectivity index (χ1v) is 8.66. The van der Waals surface area contributed by atoms with Gasteiger partial charge < -0.3 is 4.90 Å². The van der Waals surface area contributed by atoms with Gasteiger partial charge in [0.1, 0.15) is 6.04 Å². The summed E-state index contributed by atoms with van der Waals surface area (Å²) in [5.74, 6) is -0.0490. The number of nitrogens with zero attached hydrogens (tertiary/aromatic N) is 3. The highest BCUT2D eigenvalue weighted by Crippen LogP contribution is 2.21. The lowest BCUT2D eigenvalue weighted by Crippen LogP contribution is -2.40. The Morgan fingerprint density at radius 2 is 1.60 bits per heavy atom. The minimum atomic E-state index is -0.583. The van der Waals surface area contributed by atoms with Crippen molar-refractivity contribution in [3.8, 4) is 5.69 Å². The van der Waals surface area contributed by atoms with Crippen molar-refractivity contribution >= 4 is 16.8 Å². The van der Waals surface area contributed by atoms with Crippen molar-refractivity contribution < 1.29 is 4.79 Å². The van der Waals surface area contributed by atoms with Gasteiger partial charge in [0.15, 0.2) is 0 Å². The first-order valence-electron chi connectivity index (χ1n) is 8.66. The lowest BCUT2D eigenvalue weighted by atomic mass is 10.2. The molecule has 1 heterocycles. The summed E-state index contributed by atoms with van der Waals surface area (Å²) in [7, 11) is 0. The number of rotatable bonds is 5. The van der Waals surface area contributed by atoms with Gasteiger partial charge in [0.25, 0.3) is 5.56 Å². The van der Waals surface area contributed by atoms with Crippen LogP contribution in [-0.4, -0.2) is 33.3 Å². The monoisotopic (exact) mass is 337 g/mol. The van der Waals surface area contributed by atoms with E-state index in [9.17, 15) is 9.59 Å². The maximum Gasteiger partial charge on any atom is 0.275 e. The van der Waals surface area contributed by atoms with Crippen molar-refractivity contribution in [2.75, 3.05) is 13.1 Å². The van der Waals surface area contributed by atoms with Gasteiger partial charge in [-0.2, -0.15) is 0 Å². The highest BCUT2D eigenvalue weighted by molar-refractivity contribution is 5.83. The minimum absolute atomic E-state index is 0.0490. The van der Waals surface area contributed by atoms with Crippen LogP contribution in [0.3, 0.4) is 0 Å². The van der Waals surface area contributed by atoms with Crippen molar-refractivity contribution in [2.45, 2.75) is 26.8 Å². The van der Waals surface area contributed by atoms with Crippen LogP contribution >= 0.6 is 0 Å². The van der Waals surface area contributed by atoms with Crippen LogP contribution in [0.25, 0.3) is 16.6 Å². The maximum atomic E-state index is 13.0. The van der Waals surface area contributed by atoms with Gasteiger partial charge in [0, 0.05) is 13.1 Å². The number of amides is 1. The van der Waals surface area contributed by atoms with Crippen molar-refractivity contribution in [1.82, 2.24) is 14.3 Å². The van der Waals surface area contributed by atoms with E-state index < -0.39 is 6.04 Å². The molecule has 1 aromatic heterocycles. The molecule has 0 spiro atoms. The molecule has 0 fully saturated rings. The summed E-state index contributed by atoms with van der Waals surface area (Å²) in [4.78, 5) is 27.7. The van der Waals surface area contributed by atoms with Crippen LogP contribution in [0.5, 0.6) is 0 Å². The number of para-hydroxylation sites is 2. The molecule has 5 nitrogen and oxygen atoms in total. The van der Waals surface area contributed by atoms with Gasteiger partial charge in [-0.1, -0.05) is 30.3 Å². The summed E-state index contributed by atoms with van der Waals surface area (Å²) < 4.78 is 3.42. The molecule has 0 bridgehead atoms. The van der Waals surface area contributed by atoms with Crippen LogP contribution in [0.4, 0.5) is 0 Å². The normalized spacial score (nSPS) is 12.3. The number of carbonyl (C=O) groups excluding carboxylic acids is 1. The third-order valence-corrected chi connectivity index (χ3v) is 4.59. The second kappa shape index (κ2) is 6.97. The van der Waals surface area contributed by atoms with Gasteiger partial charge in [-0.25, -0.2) is 9.36 Å². The molecule has 0 aliphatic heterocycles. The SMILES string of the molecule is CCN(CC)C(=O)C(C)n1c(=O)c2ccccc2n1-c1ccccc1. The molecule has 5 heteroatoms. The molecule has 1 unspecified atom stereocenters. The predicted octanol–water partition coefficient (Wildman–Crippen LogP) is 3.22. The van der Waals surface area contributed by atoms with E-state index >= 15 is 0 Å². The van der Waals surface area contributed by atoms with Gasteiger partial charge in [-0.15, -0.1) is 0 Å². The highest BCUT2D eigenvalue weighted by Gasteiger charge is 2.26. The lowest BCUT2D eigenvalue weighted by Gasteiger charge is -2.25. The van der Waals surface area contributed by atoms with Crippen molar-refractivity contribution in [3.63, 3.8) is 0 Å². The fourth-order valence-electron chi connectivity index (χ4n) is 3.26. The van der Waals surface area contributed by atoms with Crippen LogP contribution in [0, 0.1) is 0 Å². The Morgan fingerprint density at radius 3 is 2.24 bits per heavy atom. The third-order valence-electron chi connectivity index (χ3n) is 4.59. The van der Waals surface area contributed by atoms with E-state index in [4.69, 9.17) is 0 Å². The summed E-state index contributed by atoms with van der Waals surface area (Å²) in [5, 5.41) is 0.616. The fourth-order valence-corrected chi connectivity index (χ4v) is 3.26. The van der Waals surface area contributed by atoms with E-state index in [1.54, 1.807) is 16.5 Å². The molecule has 0 aliphatic carbocycles. The molecule has 0 aliphatic rings. The molecule has 130 valence electrons. The van der Waals surface area contributed by atoms with Crippen LogP contribution in [0.1, 0.15) is 26.8 Å². The topological polar surface area (TPSA) is 47.2 Å². The Balaban J connectivity index is 2.26. The first kappa shape index (κ1) is 17.0. The Morgan fingerprint density at radius 1 is 1.00 bits per heavy atom. The van der Waals surface area contributed by atoms with Crippen molar-refractivity contribution in [2.24, 2.45) is 0 Å². The Hall–Kier alpha value is -2.82. The van der Waals surface area contributed by atoms with Gasteiger partial charge >= 0.3 is 0 Å². The predicted molar refractivity (Wildman–Crippen MR) is 100 cm³/mol. The van der Waals surface area contributed by atoms with Gasteiger partial charge in [0.2, 0.25) is 5.91 Å². The third kappa shape index (κ3) is 2.86. The van der Waals surface area contributed by atoms with Gasteiger partial charge in [-0.05, 0) is 45.0 Å². The maximum absolute atomic E-state index is 13.0. The summed E-state index contributed by atoms with van der Waals surface area (Å²) in [6.07, 6.45) is 0. The molecular formula is C20H23N3O2. The zero-order valence-electron chi connectivity index (χ0n) is 14.8. The molecule has 0 radical (unpaired) electrons. The minimum Gasteiger partial charge on any atom is -0.341 e. The number of fused-ring (bicyclic) bond motifs is 1. The molecule has 1 amide bonds. The Kier molecular flexibility index (Phi) is 4.74. The van der Waals surface area contributed by atoms with E-state index in [2.05, 4.69) is 0 Å². The second-order valence-corrected chi connectivity index (χ2v) is 6.00. The van der Waals surface area contributed by atoms with E-state index in [-0.39, 0.29) is 11.5 Å². The van der Waals surface area contributed by atoms with E-state index in [1.165, 1.54) is 0 Å². The van der Waals surface area contributed by atoms with Crippen LogP contribution in [0.15, 0.2) is 59.4 Å². The Labute approximate surface area is 147 Å². The molecular weight excluding hydrogens is 314 g/mol. The molecule has 25 heavy (non-hydrogen) atoms. The second-order valence-electron chi connectivity index (χ2n) is 6.00. The summed E-state index contributed by atoms with van der Waals surface area (Å²) >= 11 is 0. The smallest absolute Gasteiger partial charge is 0.275 e. The average molecular weight is 337 g/mol. The number of hydrogen-bond acceptors (Lipinski definition) is 2. The molecule has 0 N–H and O–H groups in total. The zero-order valence-corrected chi connectivity index (χ0v) is 14.8. The number of hydrogen-bond donors (Lipinski definition) is 0. The van der Waals surface area contributed by atoms with Crippen LogP contribution < -0.4 is 5.56 Å². The molecule has 0 saturated heterocycles.